The van der Waals surface area contributed by atoms with Crippen LogP contribution in [0.25, 0.3) is 0 Å². The standard InChI is InChI=1S/C31H45N3O6S/c1-8-20(4)14-28(36)34(7)26(19(2)3)17-27(40-22(6)35)30-33-25(18-41-30)29(37)32-24(15-21(5)31(38)39)16-23-12-10-9-11-13-23/h9-13,18-21,24,26-27H,8,14-17H2,1-7H3,(H,32,37)(H,38,39)/t20-,21?,24+,26?,27+/m0/s1. The largest absolute Gasteiger partial charge is 0.481 e. The number of carboxylic acid groups (broad SMARTS) is 1. The number of thiazole rings is 1. The second-order valence-corrected chi connectivity index (χ2v) is 12.2. The van der Waals surface area contributed by atoms with Crippen molar-refractivity contribution in [1.29, 1.82) is 0 Å². The van der Waals surface area contributed by atoms with Crippen LogP contribution in [0.1, 0.15) is 94.4 Å². The van der Waals surface area contributed by atoms with Crippen LogP contribution in [0.4, 0.5) is 0 Å². The molecule has 1 aromatic heterocycles. The molecular formula is C31H45N3O6S. The maximum absolute atomic E-state index is 13.2. The third-order valence-electron chi connectivity index (χ3n) is 7.39. The molecule has 41 heavy (non-hydrogen) atoms. The van der Waals surface area contributed by atoms with Gasteiger partial charge in [0.15, 0.2) is 6.10 Å². The first kappa shape index (κ1) is 33.9. The Morgan fingerprint density at radius 2 is 1.73 bits per heavy atom. The van der Waals surface area contributed by atoms with Gasteiger partial charge in [-0.2, -0.15) is 0 Å². The van der Waals surface area contributed by atoms with Crippen molar-refractivity contribution in [3.63, 3.8) is 0 Å². The Morgan fingerprint density at radius 1 is 1.07 bits per heavy atom. The molecule has 0 radical (unpaired) electrons. The molecule has 1 heterocycles. The van der Waals surface area contributed by atoms with Crippen LogP contribution in [0.15, 0.2) is 35.7 Å². The van der Waals surface area contributed by atoms with Crippen LogP contribution in [0.2, 0.25) is 0 Å². The summed E-state index contributed by atoms with van der Waals surface area (Å²) in [5, 5.41) is 14.5. The van der Waals surface area contributed by atoms with Gasteiger partial charge in [0.05, 0.1) is 5.92 Å². The first-order chi connectivity index (χ1) is 19.3. The molecule has 2 rings (SSSR count). The number of aromatic nitrogens is 1. The fourth-order valence-electron chi connectivity index (χ4n) is 4.69. The van der Waals surface area contributed by atoms with Crippen molar-refractivity contribution in [3.05, 3.63) is 52.0 Å². The molecule has 226 valence electrons. The predicted molar refractivity (Wildman–Crippen MR) is 160 cm³/mol. The number of nitrogens with one attached hydrogen (secondary N) is 1. The molecular weight excluding hydrogens is 542 g/mol. The van der Waals surface area contributed by atoms with Crippen molar-refractivity contribution < 1.29 is 29.0 Å². The Hall–Kier alpha value is -3.27. The van der Waals surface area contributed by atoms with E-state index in [9.17, 15) is 24.3 Å². The Labute approximate surface area is 247 Å². The third kappa shape index (κ3) is 10.9. The molecule has 0 aliphatic heterocycles. The van der Waals surface area contributed by atoms with Crippen molar-refractivity contribution in [2.24, 2.45) is 17.8 Å². The molecule has 2 amide bonds. The van der Waals surface area contributed by atoms with Gasteiger partial charge in [0.1, 0.15) is 10.7 Å². The van der Waals surface area contributed by atoms with Gasteiger partial charge in [-0.3, -0.25) is 19.2 Å². The van der Waals surface area contributed by atoms with Crippen LogP contribution < -0.4 is 5.32 Å². The molecule has 5 atom stereocenters. The fraction of sp³-hybridized carbons (Fsp3) is 0.581. The van der Waals surface area contributed by atoms with Crippen LogP contribution in [0, 0.1) is 17.8 Å². The molecule has 0 aliphatic carbocycles. The van der Waals surface area contributed by atoms with E-state index in [0.29, 0.717) is 24.3 Å². The lowest BCUT2D eigenvalue weighted by atomic mass is 9.95. The van der Waals surface area contributed by atoms with Crippen molar-refractivity contribution >= 4 is 35.1 Å². The number of carbonyl (C=O) groups is 4. The number of nitrogens with zero attached hydrogens (tertiary/aromatic N) is 2. The fourth-order valence-corrected chi connectivity index (χ4v) is 5.53. The molecule has 2 aromatic rings. The van der Waals surface area contributed by atoms with Gasteiger partial charge in [-0.1, -0.05) is 71.4 Å². The maximum Gasteiger partial charge on any atom is 0.306 e. The number of carboxylic acids is 1. The predicted octanol–water partition coefficient (Wildman–Crippen LogP) is 5.51. The topological polar surface area (TPSA) is 126 Å². The number of amides is 2. The highest BCUT2D eigenvalue weighted by atomic mass is 32.1. The summed E-state index contributed by atoms with van der Waals surface area (Å²) in [6, 6.07) is 8.95. The van der Waals surface area contributed by atoms with Crippen LogP contribution in [-0.4, -0.2) is 57.9 Å². The number of aliphatic carboxylic acids is 1. The van der Waals surface area contributed by atoms with Crippen LogP contribution in [0.5, 0.6) is 0 Å². The van der Waals surface area contributed by atoms with E-state index < -0.39 is 35.9 Å². The van der Waals surface area contributed by atoms with E-state index >= 15 is 0 Å². The summed E-state index contributed by atoms with van der Waals surface area (Å²) in [6.45, 7) is 11.1. The summed E-state index contributed by atoms with van der Waals surface area (Å²) in [6.07, 6.45) is 1.72. The summed E-state index contributed by atoms with van der Waals surface area (Å²) in [5.41, 5.74) is 1.15. The summed E-state index contributed by atoms with van der Waals surface area (Å²) < 4.78 is 5.66. The molecule has 0 aliphatic rings. The lowest BCUT2D eigenvalue weighted by Crippen LogP contribution is -2.42. The summed E-state index contributed by atoms with van der Waals surface area (Å²) >= 11 is 1.22. The molecule has 2 N–H and O–H groups in total. The zero-order valence-electron chi connectivity index (χ0n) is 25.3. The van der Waals surface area contributed by atoms with Crippen LogP contribution in [0.3, 0.4) is 0 Å². The van der Waals surface area contributed by atoms with Crippen molar-refractivity contribution in [1.82, 2.24) is 15.2 Å². The molecule has 0 saturated heterocycles. The highest BCUT2D eigenvalue weighted by Crippen LogP contribution is 2.31. The SMILES string of the molecule is CC[C@H](C)CC(=O)N(C)C(C[C@@H](OC(C)=O)c1nc(C(=O)N[C@@H](Cc2ccccc2)CC(C)C(=O)O)cs1)C(C)C. The lowest BCUT2D eigenvalue weighted by molar-refractivity contribution is -0.148. The Balaban J connectivity index is 2.24. The van der Waals surface area contributed by atoms with E-state index in [-0.39, 0.29) is 35.9 Å². The second kappa shape index (κ2) is 16.2. The van der Waals surface area contributed by atoms with E-state index in [1.54, 1.807) is 24.3 Å². The molecule has 0 saturated carbocycles. The highest BCUT2D eigenvalue weighted by molar-refractivity contribution is 7.09. The van der Waals surface area contributed by atoms with Crippen molar-refractivity contribution in [3.8, 4) is 0 Å². The summed E-state index contributed by atoms with van der Waals surface area (Å²) in [7, 11) is 1.78. The minimum Gasteiger partial charge on any atom is -0.481 e. The molecule has 2 unspecified atom stereocenters. The number of rotatable bonds is 16. The number of esters is 1. The van der Waals surface area contributed by atoms with Gasteiger partial charge in [0.25, 0.3) is 5.91 Å². The van der Waals surface area contributed by atoms with E-state index in [0.717, 1.165) is 12.0 Å². The maximum atomic E-state index is 13.2. The number of ether oxygens (including phenoxy) is 1. The highest BCUT2D eigenvalue weighted by Gasteiger charge is 2.31. The monoisotopic (exact) mass is 587 g/mol. The average Bonchev–Trinajstić information content (AvgIpc) is 3.41. The summed E-state index contributed by atoms with van der Waals surface area (Å²) in [4.78, 5) is 56.0. The minimum absolute atomic E-state index is 0.0406. The van der Waals surface area contributed by atoms with Crippen molar-refractivity contribution in [2.45, 2.75) is 91.8 Å². The number of benzene rings is 1. The first-order valence-electron chi connectivity index (χ1n) is 14.3. The Kier molecular flexibility index (Phi) is 13.4. The van der Waals surface area contributed by atoms with E-state index in [4.69, 9.17) is 4.74 Å². The molecule has 1 aromatic carbocycles. The van der Waals surface area contributed by atoms with Gasteiger partial charge < -0.3 is 20.1 Å². The van der Waals surface area contributed by atoms with E-state index in [2.05, 4.69) is 17.2 Å². The Bertz CT molecular complexity index is 1150. The minimum atomic E-state index is -0.926. The second-order valence-electron chi connectivity index (χ2n) is 11.3. The molecule has 9 nitrogen and oxygen atoms in total. The zero-order chi connectivity index (χ0) is 30.7. The smallest absolute Gasteiger partial charge is 0.306 e. The van der Waals surface area contributed by atoms with Gasteiger partial charge in [-0.05, 0) is 30.2 Å². The zero-order valence-corrected chi connectivity index (χ0v) is 26.1. The number of carbonyl (C=O) groups excluding carboxylic acids is 3. The van der Waals surface area contributed by atoms with Crippen molar-refractivity contribution in [2.75, 3.05) is 7.05 Å². The first-order valence-corrected chi connectivity index (χ1v) is 15.2. The third-order valence-corrected chi connectivity index (χ3v) is 8.33. The molecule has 10 heteroatoms. The Morgan fingerprint density at radius 3 is 2.29 bits per heavy atom. The summed E-state index contributed by atoms with van der Waals surface area (Å²) in [5.74, 6) is -2.06. The van der Waals surface area contributed by atoms with Gasteiger partial charge >= 0.3 is 11.9 Å². The quantitative estimate of drug-likeness (QED) is 0.248. The van der Waals surface area contributed by atoms with Crippen LogP contribution in [-0.2, 0) is 25.5 Å². The molecule has 0 fully saturated rings. The number of hydrogen-bond donors (Lipinski definition) is 2. The average molecular weight is 588 g/mol. The van der Waals surface area contributed by atoms with E-state index in [1.807, 2.05) is 51.1 Å². The van der Waals surface area contributed by atoms with Gasteiger partial charge in [-0.25, -0.2) is 4.98 Å². The number of hydrogen-bond acceptors (Lipinski definition) is 7. The molecule has 0 bridgehead atoms. The molecule has 0 spiro atoms. The normalized spacial score (nSPS) is 14.9. The lowest BCUT2D eigenvalue weighted by Gasteiger charge is -2.34. The van der Waals surface area contributed by atoms with Gasteiger partial charge in [-0.15, -0.1) is 11.3 Å². The van der Waals surface area contributed by atoms with Gasteiger partial charge in [0, 0.05) is 44.3 Å². The van der Waals surface area contributed by atoms with Gasteiger partial charge in [0.2, 0.25) is 5.91 Å². The van der Waals surface area contributed by atoms with Crippen LogP contribution >= 0.6 is 11.3 Å². The van der Waals surface area contributed by atoms with E-state index in [1.165, 1.54) is 18.3 Å².